The average molecular weight is 367 g/mol. The number of hydrogen-bond acceptors (Lipinski definition) is 4. The first-order valence-electron chi connectivity index (χ1n) is 9.53. The summed E-state index contributed by atoms with van der Waals surface area (Å²) in [4.78, 5) is 14.8. The summed E-state index contributed by atoms with van der Waals surface area (Å²) in [5.74, 6) is 0.665. The first-order valence-corrected chi connectivity index (χ1v) is 9.53. The molecule has 144 valence electrons. The Hall–Kier alpha value is -2.69. The zero-order valence-electron chi connectivity index (χ0n) is 16.6. The van der Waals surface area contributed by atoms with Crippen LogP contribution in [0.5, 0.6) is 0 Å². The summed E-state index contributed by atoms with van der Waals surface area (Å²) >= 11 is 0. The second-order valence-corrected chi connectivity index (χ2v) is 7.84. The molecule has 3 N–H and O–H groups in total. The fraction of sp³-hybridized carbons (Fsp3) is 0.409. The minimum absolute atomic E-state index is 0.00857. The van der Waals surface area contributed by atoms with E-state index >= 15 is 0 Å². The standard InChI is InChI=1S/C22H30N4O/c1-7-18-8-9-19-12-26(15(4)20(19)10-18)13-22(11-21(27)23-14(2)3)16(5)24-17(6)25-22/h8-10,14,24-25H,4-7,11-13H2,1-3H3,(H,23,27). The molecule has 1 atom stereocenters. The number of aryl methyl sites for hydroxylation is 1. The smallest absolute Gasteiger partial charge is 0.223 e. The van der Waals surface area contributed by atoms with Gasteiger partial charge < -0.3 is 20.9 Å². The zero-order chi connectivity index (χ0) is 19.8. The Kier molecular flexibility index (Phi) is 5.05. The highest BCUT2D eigenvalue weighted by atomic mass is 16.1. The maximum absolute atomic E-state index is 12.5. The molecule has 2 aliphatic heterocycles. The lowest BCUT2D eigenvalue weighted by molar-refractivity contribution is -0.122. The van der Waals surface area contributed by atoms with Gasteiger partial charge in [0.2, 0.25) is 5.91 Å². The van der Waals surface area contributed by atoms with Crippen LogP contribution < -0.4 is 16.0 Å². The maximum atomic E-state index is 12.5. The van der Waals surface area contributed by atoms with E-state index in [1.54, 1.807) is 0 Å². The lowest BCUT2D eigenvalue weighted by Gasteiger charge is -2.35. The Morgan fingerprint density at radius 1 is 1.33 bits per heavy atom. The van der Waals surface area contributed by atoms with Gasteiger partial charge in [0.25, 0.3) is 0 Å². The number of benzene rings is 1. The number of carbonyl (C=O) groups excluding carboxylic acids is 1. The monoisotopic (exact) mass is 366 g/mol. The molecule has 3 rings (SSSR count). The van der Waals surface area contributed by atoms with Crippen LogP contribution in [0.1, 0.15) is 43.9 Å². The topological polar surface area (TPSA) is 56.4 Å². The molecule has 1 aromatic carbocycles. The Labute approximate surface area is 162 Å². The van der Waals surface area contributed by atoms with Crippen molar-refractivity contribution >= 4 is 11.6 Å². The van der Waals surface area contributed by atoms with E-state index in [4.69, 9.17) is 0 Å². The Balaban J connectivity index is 1.83. The molecule has 5 heteroatoms. The van der Waals surface area contributed by atoms with E-state index in [9.17, 15) is 4.79 Å². The number of amides is 1. The molecule has 5 nitrogen and oxygen atoms in total. The Morgan fingerprint density at radius 2 is 2.07 bits per heavy atom. The van der Waals surface area contributed by atoms with Gasteiger partial charge in [-0.15, -0.1) is 0 Å². The van der Waals surface area contributed by atoms with Gasteiger partial charge in [-0.2, -0.15) is 0 Å². The Morgan fingerprint density at radius 3 is 2.67 bits per heavy atom. The molecular weight excluding hydrogens is 336 g/mol. The van der Waals surface area contributed by atoms with Crippen LogP contribution in [-0.4, -0.2) is 28.9 Å². The van der Waals surface area contributed by atoms with Crippen molar-refractivity contribution in [2.24, 2.45) is 0 Å². The predicted molar refractivity (Wildman–Crippen MR) is 110 cm³/mol. The van der Waals surface area contributed by atoms with Crippen LogP contribution >= 0.6 is 0 Å². The Bertz CT molecular complexity index is 811. The molecule has 0 spiro atoms. The number of nitrogens with one attached hydrogen (secondary N) is 3. The lowest BCUT2D eigenvalue weighted by Crippen LogP contribution is -2.52. The van der Waals surface area contributed by atoms with E-state index in [0.717, 1.165) is 24.4 Å². The van der Waals surface area contributed by atoms with Crippen LogP contribution in [0, 0.1) is 0 Å². The van der Waals surface area contributed by atoms with Crippen molar-refractivity contribution in [1.29, 1.82) is 0 Å². The highest BCUT2D eigenvalue weighted by Gasteiger charge is 2.43. The summed E-state index contributed by atoms with van der Waals surface area (Å²) in [5, 5.41) is 9.51. The first-order chi connectivity index (χ1) is 12.7. The van der Waals surface area contributed by atoms with Crippen molar-refractivity contribution < 1.29 is 4.79 Å². The van der Waals surface area contributed by atoms with Crippen molar-refractivity contribution in [3.05, 3.63) is 66.1 Å². The van der Waals surface area contributed by atoms with Crippen LogP contribution in [0.4, 0.5) is 0 Å². The van der Waals surface area contributed by atoms with Gasteiger partial charge in [0.1, 0.15) is 5.54 Å². The minimum Gasteiger partial charge on any atom is -0.364 e. The van der Waals surface area contributed by atoms with Gasteiger partial charge >= 0.3 is 0 Å². The van der Waals surface area contributed by atoms with Crippen molar-refractivity contribution in [3.63, 3.8) is 0 Å². The summed E-state index contributed by atoms with van der Waals surface area (Å²) in [7, 11) is 0. The van der Waals surface area contributed by atoms with Crippen molar-refractivity contribution in [2.75, 3.05) is 6.54 Å². The molecule has 0 aromatic heterocycles. The van der Waals surface area contributed by atoms with E-state index < -0.39 is 5.54 Å². The highest BCUT2D eigenvalue weighted by Crippen LogP contribution is 2.36. The normalized spacial score (nSPS) is 21.3. The third-order valence-electron chi connectivity index (χ3n) is 5.28. The average Bonchev–Trinajstić information content (AvgIpc) is 3.03. The van der Waals surface area contributed by atoms with Gasteiger partial charge in [0.05, 0.1) is 12.2 Å². The van der Waals surface area contributed by atoms with Crippen molar-refractivity contribution in [1.82, 2.24) is 20.9 Å². The molecule has 2 aliphatic rings. The molecule has 1 unspecified atom stereocenters. The van der Waals surface area contributed by atoms with E-state index in [2.05, 4.69) is 65.7 Å². The van der Waals surface area contributed by atoms with Gasteiger partial charge in [-0.3, -0.25) is 4.79 Å². The number of rotatable bonds is 6. The number of carbonyl (C=O) groups is 1. The minimum atomic E-state index is -0.616. The van der Waals surface area contributed by atoms with Gasteiger partial charge in [0.15, 0.2) is 0 Å². The van der Waals surface area contributed by atoms with E-state index in [-0.39, 0.29) is 18.4 Å². The molecule has 1 fully saturated rings. The number of hydrogen-bond donors (Lipinski definition) is 3. The van der Waals surface area contributed by atoms with Crippen LogP contribution in [0.15, 0.2) is 49.5 Å². The summed E-state index contributed by atoms with van der Waals surface area (Å²) in [6, 6.07) is 6.69. The van der Waals surface area contributed by atoms with Crippen LogP contribution in [0.25, 0.3) is 5.70 Å². The molecule has 0 aliphatic carbocycles. The zero-order valence-corrected chi connectivity index (χ0v) is 16.6. The largest absolute Gasteiger partial charge is 0.364 e. The molecule has 0 saturated carbocycles. The molecule has 2 heterocycles. The third-order valence-corrected chi connectivity index (χ3v) is 5.28. The third kappa shape index (κ3) is 3.72. The van der Waals surface area contributed by atoms with Crippen LogP contribution in [0.3, 0.4) is 0 Å². The fourth-order valence-electron chi connectivity index (χ4n) is 3.88. The molecule has 1 saturated heterocycles. The maximum Gasteiger partial charge on any atom is 0.223 e. The van der Waals surface area contributed by atoms with Gasteiger partial charge in [-0.1, -0.05) is 38.8 Å². The van der Waals surface area contributed by atoms with Crippen molar-refractivity contribution in [3.8, 4) is 0 Å². The SMILES string of the molecule is C=C1NC(=C)C(CC(=O)NC(C)C)(CN2Cc3ccc(CC)cc3C2=C)N1. The van der Waals surface area contributed by atoms with Gasteiger partial charge in [-0.25, -0.2) is 0 Å². The highest BCUT2D eigenvalue weighted by molar-refractivity contribution is 5.79. The number of fused-ring (bicyclic) bond motifs is 1. The van der Waals surface area contributed by atoms with Gasteiger partial charge in [-0.05, 0) is 37.5 Å². The lowest BCUT2D eigenvalue weighted by atomic mass is 9.91. The van der Waals surface area contributed by atoms with E-state index in [0.29, 0.717) is 12.4 Å². The fourth-order valence-corrected chi connectivity index (χ4v) is 3.88. The van der Waals surface area contributed by atoms with Gasteiger partial charge in [0, 0.05) is 36.1 Å². The molecule has 1 aromatic rings. The van der Waals surface area contributed by atoms with E-state index in [1.165, 1.54) is 16.7 Å². The predicted octanol–water partition coefficient (Wildman–Crippen LogP) is 2.87. The molecule has 1 amide bonds. The molecular formula is C22H30N4O. The van der Waals surface area contributed by atoms with Crippen LogP contribution in [-0.2, 0) is 17.8 Å². The summed E-state index contributed by atoms with van der Waals surface area (Å²) in [5.41, 5.74) is 4.93. The summed E-state index contributed by atoms with van der Waals surface area (Å²) in [6.45, 7) is 19.9. The molecule has 0 radical (unpaired) electrons. The summed E-state index contributed by atoms with van der Waals surface area (Å²) < 4.78 is 0. The molecule has 27 heavy (non-hydrogen) atoms. The first kappa shape index (κ1) is 19.1. The number of nitrogens with zero attached hydrogens (tertiary/aromatic N) is 1. The second kappa shape index (κ2) is 7.14. The van der Waals surface area contributed by atoms with Crippen molar-refractivity contribution in [2.45, 2.75) is 51.7 Å². The molecule has 0 bridgehead atoms. The van der Waals surface area contributed by atoms with Crippen LogP contribution in [0.2, 0.25) is 0 Å². The van der Waals surface area contributed by atoms with E-state index in [1.807, 2.05) is 13.8 Å². The quantitative estimate of drug-likeness (QED) is 0.725. The second-order valence-electron chi connectivity index (χ2n) is 7.84. The summed E-state index contributed by atoms with van der Waals surface area (Å²) in [6.07, 6.45) is 1.29.